The Morgan fingerprint density at radius 2 is 1.84 bits per heavy atom. The van der Waals surface area contributed by atoms with E-state index < -0.39 is 0 Å². The zero-order valence-corrected chi connectivity index (χ0v) is 10.8. The molecular weight excluding hydrogens is 234 g/mol. The van der Waals surface area contributed by atoms with E-state index in [1.807, 2.05) is 0 Å². The van der Waals surface area contributed by atoms with Crippen molar-refractivity contribution in [2.75, 3.05) is 0 Å². The lowest BCUT2D eigenvalue weighted by molar-refractivity contribution is -0.693. The molecule has 0 unspecified atom stereocenters. The Labute approximate surface area is 111 Å². The standard InChI is InChI=1S/C17H14NO/c1-12-5-4-7-14-16-10-9-13-6-2-3-8-15(13)18(16)11-19-17(12)14/h2-10H,11H2,1H3/q+1. The Bertz CT molecular complexity index is 792. The van der Waals surface area contributed by atoms with Crippen LogP contribution in [0.25, 0.3) is 22.2 Å². The number of hydrogen-bond acceptors (Lipinski definition) is 1. The molecule has 1 aromatic heterocycles. The molecule has 0 bridgehead atoms. The highest BCUT2D eigenvalue weighted by atomic mass is 16.5. The van der Waals surface area contributed by atoms with E-state index in [-0.39, 0.29) is 0 Å². The van der Waals surface area contributed by atoms with Crippen molar-refractivity contribution >= 4 is 10.9 Å². The largest absolute Gasteiger partial charge is 0.435 e. The lowest BCUT2D eigenvalue weighted by atomic mass is 10.0. The molecular formula is C17H14NO+. The van der Waals surface area contributed by atoms with Crippen molar-refractivity contribution in [3.8, 4) is 17.0 Å². The molecule has 1 aliphatic rings. The summed E-state index contributed by atoms with van der Waals surface area (Å²) in [6.45, 7) is 2.67. The minimum absolute atomic E-state index is 0.578. The molecule has 2 nitrogen and oxygen atoms in total. The molecule has 2 aromatic carbocycles. The summed E-state index contributed by atoms with van der Waals surface area (Å²) >= 11 is 0. The Hall–Kier alpha value is -2.35. The molecule has 2 heteroatoms. The zero-order chi connectivity index (χ0) is 12.8. The highest BCUT2D eigenvalue weighted by molar-refractivity contribution is 5.79. The summed E-state index contributed by atoms with van der Waals surface area (Å²) in [6, 6.07) is 19.1. The number of nitrogens with zero attached hydrogens (tertiary/aromatic N) is 1. The van der Waals surface area contributed by atoms with Gasteiger partial charge in [0.25, 0.3) is 6.73 Å². The third-order valence-corrected chi connectivity index (χ3v) is 3.76. The van der Waals surface area contributed by atoms with Gasteiger partial charge in [-0.3, -0.25) is 0 Å². The van der Waals surface area contributed by atoms with Crippen LogP contribution in [-0.4, -0.2) is 0 Å². The van der Waals surface area contributed by atoms with Crippen LogP contribution in [0.1, 0.15) is 5.56 Å². The molecule has 0 aliphatic carbocycles. The van der Waals surface area contributed by atoms with E-state index in [9.17, 15) is 0 Å². The molecule has 0 saturated carbocycles. The van der Waals surface area contributed by atoms with E-state index in [1.54, 1.807) is 0 Å². The van der Waals surface area contributed by atoms with Crippen molar-refractivity contribution in [3.63, 3.8) is 0 Å². The molecule has 0 radical (unpaired) electrons. The van der Waals surface area contributed by atoms with Gasteiger partial charge < -0.3 is 4.74 Å². The van der Waals surface area contributed by atoms with Crippen LogP contribution in [0.2, 0.25) is 0 Å². The second-order valence-electron chi connectivity index (χ2n) is 4.93. The molecule has 0 atom stereocenters. The van der Waals surface area contributed by atoms with Crippen molar-refractivity contribution in [2.24, 2.45) is 0 Å². The fourth-order valence-electron chi connectivity index (χ4n) is 2.81. The summed E-state index contributed by atoms with van der Waals surface area (Å²) in [5.74, 6) is 1.01. The number of para-hydroxylation sites is 2. The first-order chi connectivity index (χ1) is 9.34. The second kappa shape index (κ2) is 3.82. The van der Waals surface area contributed by atoms with Crippen molar-refractivity contribution < 1.29 is 9.30 Å². The number of rotatable bonds is 0. The van der Waals surface area contributed by atoms with E-state index in [0.717, 1.165) is 5.75 Å². The minimum atomic E-state index is 0.578. The van der Waals surface area contributed by atoms with Gasteiger partial charge in [0.1, 0.15) is 5.75 Å². The number of ether oxygens (including phenoxy) is 1. The van der Waals surface area contributed by atoms with Crippen LogP contribution < -0.4 is 9.30 Å². The summed E-state index contributed by atoms with van der Waals surface area (Å²) < 4.78 is 8.19. The van der Waals surface area contributed by atoms with Gasteiger partial charge in [0.2, 0.25) is 11.2 Å². The van der Waals surface area contributed by atoms with Crippen molar-refractivity contribution in [1.82, 2.24) is 0 Å². The van der Waals surface area contributed by atoms with Crippen LogP contribution in [0.4, 0.5) is 0 Å². The molecule has 0 saturated heterocycles. The molecule has 2 heterocycles. The summed E-state index contributed by atoms with van der Waals surface area (Å²) in [4.78, 5) is 0. The lowest BCUT2D eigenvalue weighted by Gasteiger charge is -2.18. The highest BCUT2D eigenvalue weighted by Gasteiger charge is 2.26. The number of hydrogen-bond donors (Lipinski definition) is 0. The average molecular weight is 248 g/mol. The van der Waals surface area contributed by atoms with Crippen LogP contribution in [0, 0.1) is 6.92 Å². The monoisotopic (exact) mass is 248 g/mol. The molecule has 92 valence electrons. The van der Waals surface area contributed by atoms with Crippen molar-refractivity contribution in [1.29, 1.82) is 0 Å². The first-order valence-corrected chi connectivity index (χ1v) is 6.49. The molecule has 1 aliphatic heterocycles. The Morgan fingerprint density at radius 3 is 2.79 bits per heavy atom. The number of aryl methyl sites for hydroxylation is 1. The quantitative estimate of drug-likeness (QED) is 0.555. The Balaban J connectivity index is 2.08. The van der Waals surface area contributed by atoms with Crippen LogP contribution in [0.3, 0.4) is 0 Å². The summed E-state index contributed by atoms with van der Waals surface area (Å²) in [5.41, 5.74) is 4.81. The first kappa shape index (κ1) is 10.6. The fourth-order valence-corrected chi connectivity index (χ4v) is 2.81. The smallest absolute Gasteiger partial charge is 0.293 e. The zero-order valence-electron chi connectivity index (χ0n) is 10.8. The third kappa shape index (κ3) is 1.46. The third-order valence-electron chi connectivity index (χ3n) is 3.76. The molecule has 19 heavy (non-hydrogen) atoms. The molecule has 4 rings (SSSR count). The van der Waals surface area contributed by atoms with E-state index in [0.29, 0.717) is 6.73 Å². The minimum Gasteiger partial charge on any atom is -0.435 e. The topological polar surface area (TPSA) is 13.1 Å². The fraction of sp³-hybridized carbons (Fsp3) is 0.118. The van der Waals surface area contributed by atoms with E-state index in [4.69, 9.17) is 4.74 Å². The van der Waals surface area contributed by atoms with Gasteiger partial charge in [-0.15, -0.1) is 0 Å². The van der Waals surface area contributed by atoms with Gasteiger partial charge in [-0.2, -0.15) is 4.57 Å². The number of fused-ring (bicyclic) bond motifs is 5. The van der Waals surface area contributed by atoms with Crippen molar-refractivity contribution in [2.45, 2.75) is 13.7 Å². The summed E-state index contributed by atoms with van der Waals surface area (Å²) in [7, 11) is 0. The van der Waals surface area contributed by atoms with E-state index in [2.05, 4.69) is 66.1 Å². The van der Waals surface area contributed by atoms with Crippen molar-refractivity contribution in [3.05, 3.63) is 60.2 Å². The van der Waals surface area contributed by atoms with Crippen LogP contribution in [0.5, 0.6) is 5.75 Å². The number of benzene rings is 2. The predicted molar refractivity (Wildman–Crippen MR) is 74.9 cm³/mol. The second-order valence-corrected chi connectivity index (χ2v) is 4.93. The van der Waals surface area contributed by atoms with Gasteiger partial charge in [-0.05, 0) is 30.7 Å². The van der Waals surface area contributed by atoms with Crippen LogP contribution in [0.15, 0.2) is 54.6 Å². The molecule has 0 fully saturated rings. The Morgan fingerprint density at radius 1 is 0.947 bits per heavy atom. The molecule has 0 amide bonds. The molecule has 0 N–H and O–H groups in total. The number of aromatic nitrogens is 1. The SMILES string of the molecule is Cc1cccc2c1OC[n+]1c-2ccc2ccccc21. The normalized spacial score (nSPS) is 12.7. The molecule has 0 spiro atoms. The molecule has 3 aromatic rings. The average Bonchev–Trinajstić information content (AvgIpc) is 2.47. The van der Waals surface area contributed by atoms with Gasteiger partial charge in [-0.1, -0.05) is 24.3 Å². The van der Waals surface area contributed by atoms with Gasteiger partial charge in [0.05, 0.1) is 5.56 Å². The van der Waals surface area contributed by atoms with Crippen LogP contribution in [-0.2, 0) is 6.73 Å². The lowest BCUT2D eigenvalue weighted by Crippen LogP contribution is -2.42. The van der Waals surface area contributed by atoms with Gasteiger partial charge in [0, 0.05) is 17.5 Å². The van der Waals surface area contributed by atoms with E-state index >= 15 is 0 Å². The maximum Gasteiger partial charge on any atom is 0.293 e. The summed E-state index contributed by atoms with van der Waals surface area (Å²) in [5, 5.41) is 1.24. The van der Waals surface area contributed by atoms with Crippen LogP contribution >= 0.6 is 0 Å². The van der Waals surface area contributed by atoms with E-state index in [1.165, 1.54) is 27.7 Å². The maximum atomic E-state index is 5.95. The predicted octanol–water partition coefficient (Wildman–Crippen LogP) is 3.45. The summed E-state index contributed by atoms with van der Waals surface area (Å²) in [6.07, 6.45) is 0. The number of pyridine rings is 1. The highest BCUT2D eigenvalue weighted by Crippen LogP contribution is 2.34. The Kier molecular flexibility index (Phi) is 2.12. The van der Waals surface area contributed by atoms with Gasteiger partial charge in [0.15, 0.2) is 0 Å². The first-order valence-electron chi connectivity index (χ1n) is 6.49. The van der Waals surface area contributed by atoms with Gasteiger partial charge in [-0.25, -0.2) is 0 Å². The van der Waals surface area contributed by atoms with Gasteiger partial charge >= 0.3 is 0 Å². The maximum absolute atomic E-state index is 5.95.